The van der Waals surface area contributed by atoms with Crippen LogP contribution >= 0.6 is 23.4 Å². The van der Waals surface area contributed by atoms with Crippen LogP contribution in [0, 0.1) is 0 Å². The summed E-state index contributed by atoms with van der Waals surface area (Å²) in [5, 5.41) is 26.0. The van der Waals surface area contributed by atoms with E-state index in [0.717, 1.165) is 27.8 Å². The van der Waals surface area contributed by atoms with Gasteiger partial charge in [-0.1, -0.05) is 53.7 Å². The van der Waals surface area contributed by atoms with Crippen molar-refractivity contribution in [1.82, 2.24) is 20.2 Å². The van der Waals surface area contributed by atoms with Crippen molar-refractivity contribution in [1.29, 1.82) is 0 Å². The largest absolute Gasteiger partial charge is 0.507 e. The Morgan fingerprint density at radius 3 is 2.58 bits per heavy atom. The third-order valence-corrected chi connectivity index (χ3v) is 6.91. The summed E-state index contributed by atoms with van der Waals surface area (Å²) < 4.78 is 7.13. The number of benzene rings is 4. The third kappa shape index (κ3) is 5.49. The Hall–Kier alpha value is -4.34. The second-order valence-corrected chi connectivity index (χ2v) is 9.53. The highest BCUT2D eigenvalue weighted by Gasteiger charge is 2.17. The molecule has 0 radical (unpaired) electrons. The number of hydrogen-bond acceptors (Lipinski definition) is 7. The molecule has 0 fully saturated rings. The smallest absolute Gasteiger partial charge is 0.250 e. The van der Waals surface area contributed by atoms with Gasteiger partial charge in [-0.15, -0.1) is 10.2 Å². The Bertz CT molecular complexity index is 1620. The molecule has 2 N–H and O–H groups in total. The Labute approximate surface area is 227 Å². The molecule has 4 aromatic carbocycles. The number of thioether (sulfide) groups is 1. The first-order valence-electron chi connectivity index (χ1n) is 11.5. The second kappa shape index (κ2) is 11.4. The van der Waals surface area contributed by atoms with Gasteiger partial charge in [-0.2, -0.15) is 5.10 Å². The van der Waals surface area contributed by atoms with Crippen LogP contribution in [0.3, 0.4) is 0 Å². The molecule has 0 unspecified atom stereocenters. The Kier molecular flexibility index (Phi) is 7.57. The van der Waals surface area contributed by atoms with E-state index in [9.17, 15) is 9.90 Å². The number of phenols is 1. The minimum absolute atomic E-state index is 0.0488. The number of aromatic hydroxyl groups is 1. The zero-order valence-corrected chi connectivity index (χ0v) is 21.8. The van der Waals surface area contributed by atoms with E-state index in [1.54, 1.807) is 25.3 Å². The van der Waals surface area contributed by atoms with Crippen LogP contribution < -0.4 is 10.2 Å². The maximum absolute atomic E-state index is 12.6. The summed E-state index contributed by atoms with van der Waals surface area (Å²) in [7, 11) is 1.61. The van der Waals surface area contributed by atoms with E-state index in [4.69, 9.17) is 16.3 Å². The number of hydrazone groups is 1. The fourth-order valence-electron chi connectivity index (χ4n) is 3.86. The number of carbonyl (C=O) groups is 1. The Balaban J connectivity index is 1.34. The first-order valence-corrected chi connectivity index (χ1v) is 12.9. The molecule has 1 aromatic heterocycles. The quantitative estimate of drug-likeness (QED) is 0.148. The third-order valence-electron chi connectivity index (χ3n) is 5.73. The number of amides is 1. The molecule has 0 saturated carbocycles. The summed E-state index contributed by atoms with van der Waals surface area (Å²) in [5.41, 5.74) is 4.69. The number of halogens is 1. The van der Waals surface area contributed by atoms with Crippen molar-refractivity contribution < 1.29 is 14.6 Å². The molecule has 5 aromatic rings. The summed E-state index contributed by atoms with van der Waals surface area (Å²) >= 11 is 7.32. The van der Waals surface area contributed by atoms with Crippen molar-refractivity contribution in [3.8, 4) is 28.6 Å². The van der Waals surface area contributed by atoms with Gasteiger partial charge in [-0.25, -0.2) is 5.43 Å². The summed E-state index contributed by atoms with van der Waals surface area (Å²) in [6.45, 7) is 0. The first kappa shape index (κ1) is 25.3. The van der Waals surface area contributed by atoms with Crippen LogP contribution in [0.5, 0.6) is 11.5 Å². The lowest BCUT2D eigenvalue weighted by Gasteiger charge is -2.11. The highest BCUT2D eigenvalue weighted by Crippen LogP contribution is 2.30. The zero-order chi connectivity index (χ0) is 26.5. The topological polar surface area (TPSA) is 102 Å². The number of fused-ring (bicyclic) bond motifs is 1. The van der Waals surface area contributed by atoms with E-state index in [1.165, 1.54) is 18.0 Å². The molecule has 0 bridgehead atoms. The van der Waals surface area contributed by atoms with Crippen LogP contribution in [-0.4, -0.2) is 44.9 Å². The number of ether oxygens (including phenoxy) is 1. The van der Waals surface area contributed by atoms with Gasteiger partial charge in [0, 0.05) is 21.8 Å². The Morgan fingerprint density at radius 1 is 1.05 bits per heavy atom. The molecule has 0 saturated heterocycles. The molecule has 1 amide bonds. The highest BCUT2D eigenvalue weighted by molar-refractivity contribution is 7.99. The lowest BCUT2D eigenvalue weighted by atomic mass is 10.0. The predicted octanol–water partition coefficient (Wildman–Crippen LogP) is 5.70. The number of phenolic OH excluding ortho intramolecular Hbond substituents is 1. The van der Waals surface area contributed by atoms with E-state index in [1.807, 2.05) is 71.3 Å². The average Bonchev–Trinajstić information content (AvgIpc) is 3.37. The van der Waals surface area contributed by atoms with Crippen LogP contribution in [0.1, 0.15) is 5.56 Å². The number of rotatable bonds is 8. The van der Waals surface area contributed by atoms with Gasteiger partial charge in [0.2, 0.25) is 0 Å². The van der Waals surface area contributed by atoms with Gasteiger partial charge in [-0.3, -0.25) is 9.36 Å². The second-order valence-electron chi connectivity index (χ2n) is 8.15. The minimum atomic E-state index is -0.331. The fraction of sp³-hybridized carbons (Fsp3) is 0.0714. The lowest BCUT2D eigenvalue weighted by Crippen LogP contribution is -2.20. The molecule has 5 rings (SSSR count). The SMILES string of the molecule is COc1ccc(-c2nnc(SCC(=O)N/N=C\c3c(O)ccc4ccccc34)n2-c2ccc(Cl)cc2)cc1. The van der Waals surface area contributed by atoms with Gasteiger partial charge in [0.15, 0.2) is 11.0 Å². The van der Waals surface area contributed by atoms with Crippen LogP contribution in [-0.2, 0) is 4.79 Å². The molecule has 0 atom stereocenters. The molecule has 190 valence electrons. The summed E-state index contributed by atoms with van der Waals surface area (Å²) in [6, 6.07) is 25.9. The Morgan fingerprint density at radius 2 is 1.82 bits per heavy atom. The van der Waals surface area contributed by atoms with Gasteiger partial charge >= 0.3 is 0 Å². The van der Waals surface area contributed by atoms with Gasteiger partial charge < -0.3 is 9.84 Å². The molecular weight excluding hydrogens is 522 g/mol. The fourth-order valence-corrected chi connectivity index (χ4v) is 4.73. The summed E-state index contributed by atoms with van der Waals surface area (Å²) in [4.78, 5) is 12.6. The maximum atomic E-state index is 12.6. The van der Waals surface area contributed by atoms with Crippen LogP contribution in [0.4, 0.5) is 0 Å². The molecule has 0 spiro atoms. The van der Waals surface area contributed by atoms with Crippen LogP contribution in [0.25, 0.3) is 27.8 Å². The van der Waals surface area contributed by atoms with Gasteiger partial charge in [-0.05, 0) is 65.4 Å². The molecule has 38 heavy (non-hydrogen) atoms. The van der Waals surface area contributed by atoms with E-state index < -0.39 is 0 Å². The number of nitrogens with one attached hydrogen (secondary N) is 1. The summed E-state index contributed by atoms with van der Waals surface area (Å²) in [6.07, 6.45) is 1.44. The van der Waals surface area contributed by atoms with Crippen molar-refractivity contribution in [2.45, 2.75) is 5.16 Å². The minimum Gasteiger partial charge on any atom is -0.507 e. The molecule has 0 aliphatic rings. The molecule has 0 aliphatic heterocycles. The molecule has 10 heteroatoms. The number of hydrogen-bond donors (Lipinski definition) is 2. The van der Waals surface area contributed by atoms with Crippen LogP contribution in [0.2, 0.25) is 5.02 Å². The van der Waals surface area contributed by atoms with Crippen molar-refractivity contribution >= 4 is 46.3 Å². The van der Waals surface area contributed by atoms with E-state index in [2.05, 4.69) is 20.7 Å². The van der Waals surface area contributed by atoms with Crippen molar-refractivity contribution in [3.63, 3.8) is 0 Å². The monoisotopic (exact) mass is 543 g/mol. The van der Waals surface area contributed by atoms with Gasteiger partial charge in [0.25, 0.3) is 5.91 Å². The first-order chi connectivity index (χ1) is 18.5. The van der Waals surface area contributed by atoms with E-state index in [-0.39, 0.29) is 17.4 Å². The normalized spacial score (nSPS) is 11.2. The predicted molar refractivity (Wildman–Crippen MR) is 150 cm³/mol. The van der Waals surface area contributed by atoms with Gasteiger partial charge in [0.05, 0.1) is 19.1 Å². The standard InChI is InChI=1S/C28H22ClN5O3S/c1-37-22-13-6-19(7-14-22)27-32-33-28(34(27)21-11-9-20(29)10-12-21)38-17-26(36)31-30-16-24-23-5-3-2-4-18(23)8-15-25(24)35/h2-16,35H,17H2,1H3,(H,31,36)/b30-16-. The molecule has 1 heterocycles. The van der Waals surface area contributed by atoms with Crippen molar-refractivity contribution in [3.05, 3.63) is 95.5 Å². The van der Waals surface area contributed by atoms with Crippen molar-refractivity contribution in [2.75, 3.05) is 12.9 Å². The molecule has 0 aliphatic carbocycles. The van der Waals surface area contributed by atoms with Crippen LogP contribution in [0.15, 0.2) is 95.2 Å². The molecule has 8 nitrogen and oxygen atoms in total. The number of nitrogens with zero attached hydrogens (tertiary/aromatic N) is 4. The number of aromatic nitrogens is 3. The maximum Gasteiger partial charge on any atom is 0.250 e. The highest BCUT2D eigenvalue weighted by atomic mass is 35.5. The van der Waals surface area contributed by atoms with E-state index >= 15 is 0 Å². The lowest BCUT2D eigenvalue weighted by molar-refractivity contribution is -0.118. The number of methoxy groups -OCH3 is 1. The molecular formula is C28H22ClN5O3S. The number of carbonyl (C=O) groups excluding carboxylic acids is 1. The zero-order valence-electron chi connectivity index (χ0n) is 20.2. The van der Waals surface area contributed by atoms with Gasteiger partial charge in [0.1, 0.15) is 11.5 Å². The van der Waals surface area contributed by atoms with Crippen molar-refractivity contribution in [2.24, 2.45) is 5.10 Å². The average molecular weight is 544 g/mol. The van der Waals surface area contributed by atoms with E-state index in [0.29, 0.717) is 21.6 Å². The summed E-state index contributed by atoms with van der Waals surface area (Å²) in [5.74, 6) is 1.14.